The number of amides is 1. The molecule has 3 heterocycles. The largest absolute Gasteiger partial charge is 0.356 e. The Morgan fingerprint density at radius 2 is 2.19 bits per heavy atom. The molecule has 0 saturated carbocycles. The van der Waals surface area contributed by atoms with E-state index in [2.05, 4.69) is 37.9 Å². The fraction of sp³-hybridized carbons (Fsp3) is 0.571. The van der Waals surface area contributed by atoms with Crippen LogP contribution in [-0.2, 0) is 6.54 Å². The van der Waals surface area contributed by atoms with Gasteiger partial charge in [0.1, 0.15) is 11.6 Å². The number of unbranched alkanes of at least 4 members (excludes halogenated alkanes) is 1. The minimum Gasteiger partial charge on any atom is -0.356 e. The van der Waals surface area contributed by atoms with E-state index in [1.807, 2.05) is 26.1 Å². The van der Waals surface area contributed by atoms with E-state index in [1.54, 1.807) is 12.3 Å². The molecule has 1 atom stereocenters. The fourth-order valence-corrected chi connectivity index (χ4v) is 3.67. The number of hydrogen-bond acceptors (Lipinski definition) is 4. The zero-order valence-corrected chi connectivity index (χ0v) is 16.7. The molecule has 2 aromatic rings. The lowest BCUT2D eigenvalue weighted by Crippen LogP contribution is -2.36. The maximum atomic E-state index is 12.3. The molecule has 1 aliphatic rings. The highest BCUT2D eigenvalue weighted by atomic mass is 16.1. The summed E-state index contributed by atoms with van der Waals surface area (Å²) in [5.74, 6) is 2.42. The molecule has 27 heavy (non-hydrogen) atoms. The van der Waals surface area contributed by atoms with Crippen molar-refractivity contribution in [1.29, 1.82) is 0 Å². The van der Waals surface area contributed by atoms with Crippen molar-refractivity contribution in [3.05, 3.63) is 42.1 Å². The van der Waals surface area contributed by atoms with Gasteiger partial charge in [0.2, 0.25) is 0 Å². The number of nitrogens with zero attached hydrogens (tertiary/aromatic N) is 4. The standard InChI is InChI=1S/C21H31N5O/c1-4-5-11-25-13-10-23-20(25)18-7-6-12-26(15-18)19-14-17(8-9-22-19)21(27)24-16(2)3/h8-10,13-14,16,18H,4-7,11-12,15H2,1-3H3,(H,24,27). The molecule has 6 heteroatoms. The minimum absolute atomic E-state index is 0.0441. The summed E-state index contributed by atoms with van der Waals surface area (Å²) in [5, 5.41) is 2.95. The minimum atomic E-state index is -0.0441. The number of carbonyl (C=O) groups is 1. The van der Waals surface area contributed by atoms with E-state index < -0.39 is 0 Å². The lowest BCUT2D eigenvalue weighted by atomic mass is 9.97. The summed E-state index contributed by atoms with van der Waals surface area (Å²) >= 11 is 0. The van der Waals surface area contributed by atoms with Crippen molar-refractivity contribution in [2.45, 2.75) is 65.0 Å². The zero-order chi connectivity index (χ0) is 19.2. The molecule has 2 aromatic heterocycles. The SMILES string of the molecule is CCCCn1ccnc1C1CCCN(c2cc(C(=O)NC(C)C)ccn2)C1. The first-order valence-corrected chi connectivity index (χ1v) is 10.1. The number of nitrogens with one attached hydrogen (secondary N) is 1. The van der Waals surface area contributed by atoms with E-state index in [-0.39, 0.29) is 11.9 Å². The van der Waals surface area contributed by atoms with Crippen LogP contribution in [0.5, 0.6) is 0 Å². The number of aromatic nitrogens is 3. The first-order chi connectivity index (χ1) is 13.1. The third-order valence-corrected chi connectivity index (χ3v) is 5.04. The van der Waals surface area contributed by atoms with E-state index in [9.17, 15) is 4.79 Å². The number of pyridine rings is 1. The molecule has 1 aliphatic heterocycles. The summed E-state index contributed by atoms with van der Waals surface area (Å²) in [5.41, 5.74) is 0.667. The molecule has 0 bridgehead atoms. The van der Waals surface area contributed by atoms with Crippen LogP contribution in [0, 0.1) is 0 Å². The number of piperidine rings is 1. The Balaban J connectivity index is 1.73. The fourth-order valence-electron chi connectivity index (χ4n) is 3.67. The summed E-state index contributed by atoms with van der Waals surface area (Å²) in [6, 6.07) is 3.81. The Kier molecular flexibility index (Phi) is 6.48. The summed E-state index contributed by atoms with van der Waals surface area (Å²) in [4.78, 5) is 23.8. The molecule has 0 aliphatic carbocycles. The van der Waals surface area contributed by atoms with Crippen LogP contribution in [0.25, 0.3) is 0 Å². The second kappa shape index (κ2) is 9.02. The maximum absolute atomic E-state index is 12.3. The van der Waals surface area contributed by atoms with Gasteiger partial charge in [-0.05, 0) is 45.2 Å². The molecule has 0 aromatic carbocycles. The Hall–Kier alpha value is -2.37. The summed E-state index contributed by atoms with van der Waals surface area (Å²) in [6.45, 7) is 9.05. The third-order valence-electron chi connectivity index (χ3n) is 5.04. The van der Waals surface area contributed by atoms with E-state index in [1.165, 1.54) is 18.7 Å². The van der Waals surface area contributed by atoms with Gasteiger partial charge in [0.15, 0.2) is 0 Å². The molecule has 3 rings (SSSR count). The van der Waals surface area contributed by atoms with Gasteiger partial charge in [-0.25, -0.2) is 9.97 Å². The van der Waals surface area contributed by atoms with Gasteiger partial charge in [0.05, 0.1) is 0 Å². The van der Waals surface area contributed by atoms with Crippen molar-refractivity contribution in [2.24, 2.45) is 0 Å². The van der Waals surface area contributed by atoms with Crippen LogP contribution < -0.4 is 10.2 Å². The highest BCUT2D eigenvalue weighted by Crippen LogP contribution is 2.29. The van der Waals surface area contributed by atoms with Crippen LogP contribution in [-0.4, -0.2) is 39.6 Å². The van der Waals surface area contributed by atoms with Crippen LogP contribution in [0.4, 0.5) is 5.82 Å². The highest BCUT2D eigenvalue weighted by molar-refractivity contribution is 5.94. The molecule has 0 radical (unpaired) electrons. The summed E-state index contributed by atoms with van der Waals surface area (Å²) < 4.78 is 2.30. The maximum Gasteiger partial charge on any atom is 0.251 e. The molecule has 1 saturated heterocycles. The van der Waals surface area contributed by atoms with Crippen molar-refractivity contribution >= 4 is 11.7 Å². The molecule has 1 N–H and O–H groups in total. The average Bonchev–Trinajstić information content (AvgIpc) is 3.14. The van der Waals surface area contributed by atoms with E-state index in [4.69, 9.17) is 0 Å². The van der Waals surface area contributed by atoms with Crippen molar-refractivity contribution < 1.29 is 4.79 Å². The first kappa shape index (κ1) is 19.4. The molecular formula is C21H31N5O. The van der Waals surface area contributed by atoms with Gasteiger partial charge in [-0.15, -0.1) is 0 Å². The predicted octanol–water partition coefficient (Wildman–Crippen LogP) is 3.60. The Morgan fingerprint density at radius 3 is 2.96 bits per heavy atom. The molecule has 146 valence electrons. The summed E-state index contributed by atoms with van der Waals surface area (Å²) in [6.07, 6.45) is 10.4. The summed E-state index contributed by atoms with van der Waals surface area (Å²) in [7, 11) is 0. The smallest absolute Gasteiger partial charge is 0.251 e. The molecule has 6 nitrogen and oxygen atoms in total. The van der Waals surface area contributed by atoms with Gasteiger partial charge in [-0.2, -0.15) is 0 Å². The number of rotatable bonds is 7. The van der Waals surface area contributed by atoms with Crippen molar-refractivity contribution in [2.75, 3.05) is 18.0 Å². The topological polar surface area (TPSA) is 63.1 Å². The van der Waals surface area contributed by atoms with Gasteiger partial charge in [0.25, 0.3) is 5.91 Å². The van der Waals surface area contributed by atoms with Gasteiger partial charge in [-0.1, -0.05) is 13.3 Å². The Bertz CT molecular complexity index is 755. The second-order valence-corrected chi connectivity index (χ2v) is 7.65. The number of hydrogen-bond donors (Lipinski definition) is 1. The zero-order valence-electron chi connectivity index (χ0n) is 16.7. The van der Waals surface area contributed by atoms with Crippen molar-refractivity contribution in [3.8, 4) is 0 Å². The number of aryl methyl sites for hydroxylation is 1. The van der Waals surface area contributed by atoms with Crippen LogP contribution in [0.1, 0.15) is 68.6 Å². The van der Waals surface area contributed by atoms with E-state index >= 15 is 0 Å². The average molecular weight is 370 g/mol. The monoisotopic (exact) mass is 369 g/mol. The van der Waals surface area contributed by atoms with E-state index in [0.29, 0.717) is 11.5 Å². The first-order valence-electron chi connectivity index (χ1n) is 10.1. The molecule has 1 fully saturated rings. The lowest BCUT2D eigenvalue weighted by molar-refractivity contribution is 0.0943. The quantitative estimate of drug-likeness (QED) is 0.810. The predicted molar refractivity (Wildman–Crippen MR) is 108 cm³/mol. The van der Waals surface area contributed by atoms with Crippen LogP contribution >= 0.6 is 0 Å². The number of anilines is 1. The molecule has 0 spiro atoms. The molecule has 1 unspecified atom stereocenters. The second-order valence-electron chi connectivity index (χ2n) is 7.65. The molecular weight excluding hydrogens is 338 g/mol. The Morgan fingerprint density at radius 1 is 1.33 bits per heavy atom. The normalized spacial score (nSPS) is 17.3. The van der Waals surface area contributed by atoms with E-state index in [0.717, 1.165) is 38.3 Å². The van der Waals surface area contributed by atoms with Gasteiger partial charge >= 0.3 is 0 Å². The lowest BCUT2D eigenvalue weighted by Gasteiger charge is -2.33. The molecule has 1 amide bonds. The number of imidazole rings is 1. The number of carbonyl (C=O) groups excluding carboxylic acids is 1. The van der Waals surface area contributed by atoms with Crippen molar-refractivity contribution in [3.63, 3.8) is 0 Å². The van der Waals surface area contributed by atoms with Gasteiger partial charge in [-0.3, -0.25) is 4.79 Å². The van der Waals surface area contributed by atoms with Crippen LogP contribution in [0.2, 0.25) is 0 Å². The van der Waals surface area contributed by atoms with Gasteiger partial charge < -0.3 is 14.8 Å². The third kappa shape index (κ3) is 4.87. The van der Waals surface area contributed by atoms with Crippen LogP contribution in [0.15, 0.2) is 30.7 Å². The van der Waals surface area contributed by atoms with Gasteiger partial charge in [0, 0.05) is 55.7 Å². The Labute approximate surface area is 162 Å². The van der Waals surface area contributed by atoms with Crippen LogP contribution in [0.3, 0.4) is 0 Å². The van der Waals surface area contributed by atoms with Crippen molar-refractivity contribution in [1.82, 2.24) is 19.9 Å². The highest BCUT2D eigenvalue weighted by Gasteiger charge is 2.25.